The van der Waals surface area contributed by atoms with Gasteiger partial charge in [-0.1, -0.05) is 48.2 Å². The molecule has 1 amide bonds. The van der Waals surface area contributed by atoms with Crippen molar-refractivity contribution in [2.24, 2.45) is 0 Å². The first kappa shape index (κ1) is 21.1. The van der Waals surface area contributed by atoms with Crippen molar-refractivity contribution in [3.05, 3.63) is 77.9 Å². The summed E-state index contributed by atoms with van der Waals surface area (Å²) in [6.07, 6.45) is 0. The van der Waals surface area contributed by atoms with Crippen LogP contribution >= 0.6 is 11.8 Å². The van der Waals surface area contributed by atoms with Crippen molar-refractivity contribution in [1.29, 1.82) is 0 Å². The molecule has 0 saturated carbocycles. The van der Waals surface area contributed by atoms with Gasteiger partial charge in [-0.2, -0.15) is 0 Å². The predicted octanol–water partition coefficient (Wildman–Crippen LogP) is 5.01. The summed E-state index contributed by atoms with van der Waals surface area (Å²) in [6.45, 7) is 4.18. The maximum atomic E-state index is 12.7. The van der Waals surface area contributed by atoms with E-state index in [1.54, 1.807) is 0 Å². The summed E-state index contributed by atoms with van der Waals surface area (Å²) in [5, 5.41) is 12.5. The summed E-state index contributed by atoms with van der Waals surface area (Å²) in [7, 11) is 0. The molecule has 0 aliphatic carbocycles. The Labute approximate surface area is 195 Å². The number of rotatable bonds is 6. The Balaban J connectivity index is 1.43. The van der Waals surface area contributed by atoms with Gasteiger partial charge in [0.1, 0.15) is 0 Å². The minimum absolute atomic E-state index is 0.0929. The van der Waals surface area contributed by atoms with E-state index in [4.69, 9.17) is 9.47 Å². The average Bonchev–Trinajstić information content (AvgIpc) is 3.47. The topological polar surface area (TPSA) is 78.3 Å². The normalized spacial score (nSPS) is 12.1. The third-order valence-corrected chi connectivity index (χ3v) is 6.29. The highest BCUT2D eigenvalue weighted by molar-refractivity contribution is 7.99. The molecular formula is C25H22N4O3S. The molecule has 0 fully saturated rings. The molecule has 5 rings (SSSR count). The molecule has 0 saturated heterocycles. The van der Waals surface area contributed by atoms with E-state index < -0.39 is 0 Å². The highest BCUT2D eigenvalue weighted by Crippen LogP contribution is 2.37. The molecule has 3 aromatic carbocycles. The second-order valence-corrected chi connectivity index (χ2v) is 8.59. The number of aryl methyl sites for hydroxylation is 2. The average molecular weight is 459 g/mol. The van der Waals surface area contributed by atoms with Crippen LogP contribution in [0.1, 0.15) is 11.1 Å². The van der Waals surface area contributed by atoms with Gasteiger partial charge in [-0.15, -0.1) is 10.2 Å². The zero-order valence-electron chi connectivity index (χ0n) is 18.2. The lowest BCUT2D eigenvalue weighted by Crippen LogP contribution is -2.16. The van der Waals surface area contributed by atoms with Crippen LogP contribution in [0.25, 0.3) is 17.1 Å². The van der Waals surface area contributed by atoms with E-state index in [0.29, 0.717) is 22.5 Å². The molecule has 1 aliphatic rings. The zero-order valence-corrected chi connectivity index (χ0v) is 19.1. The van der Waals surface area contributed by atoms with E-state index in [-0.39, 0.29) is 18.5 Å². The minimum Gasteiger partial charge on any atom is -0.454 e. The van der Waals surface area contributed by atoms with E-state index in [9.17, 15) is 4.79 Å². The standard InChI is InChI=1S/C25H22N4O3S/c1-16-7-6-8-17(2)23(16)26-22(30)14-33-25-28-27-24(29(25)19-9-4-3-5-10-19)18-11-12-20-21(13-18)32-15-31-20/h3-13H,14-15H2,1-2H3,(H,26,30). The van der Waals surface area contributed by atoms with Crippen molar-refractivity contribution in [3.63, 3.8) is 0 Å². The van der Waals surface area contributed by atoms with Gasteiger partial charge in [-0.25, -0.2) is 0 Å². The fourth-order valence-electron chi connectivity index (χ4n) is 3.71. The van der Waals surface area contributed by atoms with Crippen LogP contribution in [0.3, 0.4) is 0 Å². The van der Waals surface area contributed by atoms with Gasteiger partial charge < -0.3 is 14.8 Å². The molecule has 33 heavy (non-hydrogen) atoms. The molecule has 166 valence electrons. The van der Waals surface area contributed by atoms with E-state index in [0.717, 1.165) is 28.1 Å². The number of hydrogen-bond donors (Lipinski definition) is 1. The minimum atomic E-state index is -0.0929. The van der Waals surface area contributed by atoms with Crippen molar-refractivity contribution in [2.75, 3.05) is 17.9 Å². The smallest absolute Gasteiger partial charge is 0.234 e. The largest absolute Gasteiger partial charge is 0.454 e. The predicted molar refractivity (Wildman–Crippen MR) is 128 cm³/mol. The number of carbonyl (C=O) groups excluding carboxylic acids is 1. The Morgan fingerprint density at radius 2 is 1.73 bits per heavy atom. The Morgan fingerprint density at radius 1 is 0.970 bits per heavy atom. The summed E-state index contributed by atoms with van der Waals surface area (Å²) in [6, 6.07) is 21.5. The van der Waals surface area contributed by atoms with Crippen molar-refractivity contribution in [2.45, 2.75) is 19.0 Å². The number of aromatic nitrogens is 3. The van der Waals surface area contributed by atoms with Gasteiger partial charge >= 0.3 is 0 Å². The summed E-state index contributed by atoms with van der Waals surface area (Å²) in [5.41, 5.74) is 4.68. The van der Waals surface area contributed by atoms with Crippen LogP contribution in [0.4, 0.5) is 5.69 Å². The van der Waals surface area contributed by atoms with E-state index in [1.807, 2.05) is 85.1 Å². The molecule has 2 heterocycles. The molecule has 1 aromatic heterocycles. The lowest BCUT2D eigenvalue weighted by atomic mass is 10.1. The Bertz CT molecular complexity index is 1300. The first-order chi connectivity index (χ1) is 16.1. The van der Waals surface area contributed by atoms with Gasteiger partial charge in [0, 0.05) is 16.9 Å². The Kier molecular flexibility index (Phi) is 5.75. The maximum Gasteiger partial charge on any atom is 0.234 e. The van der Waals surface area contributed by atoms with Crippen LogP contribution in [0.5, 0.6) is 11.5 Å². The van der Waals surface area contributed by atoms with Gasteiger partial charge in [0.15, 0.2) is 22.5 Å². The number of fused-ring (bicyclic) bond motifs is 1. The third kappa shape index (κ3) is 4.29. The van der Waals surface area contributed by atoms with Gasteiger partial charge in [-0.3, -0.25) is 9.36 Å². The number of anilines is 1. The van der Waals surface area contributed by atoms with E-state index in [1.165, 1.54) is 11.8 Å². The molecule has 0 atom stereocenters. The fourth-order valence-corrected chi connectivity index (χ4v) is 4.46. The first-order valence-corrected chi connectivity index (χ1v) is 11.5. The first-order valence-electron chi connectivity index (χ1n) is 10.5. The molecule has 1 aliphatic heterocycles. The molecule has 8 heteroatoms. The summed E-state index contributed by atoms with van der Waals surface area (Å²) < 4.78 is 12.9. The molecule has 4 aromatic rings. The number of nitrogens with zero attached hydrogens (tertiary/aromatic N) is 3. The van der Waals surface area contributed by atoms with Crippen LogP contribution in [0, 0.1) is 13.8 Å². The Morgan fingerprint density at radius 3 is 2.52 bits per heavy atom. The van der Waals surface area contributed by atoms with Crippen LogP contribution in [-0.2, 0) is 4.79 Å². The van der Waals surface area contributed by atoms with Crippen LogP contribution in [0.2, 0.25) is 0 Å². The van der Waals surface area contributed by atoms with E-state index in [2.05, 4.69) is 15.5 Å². The lowest BCUT2D eigenvalue weighted by molar-refractivity contribution is -0.113. The van der Waals surface area contributed by atoms with Crippen molar-refractivity contribution >= 4 is 23.4 Å². The molecular weight excluding hydrogens is 436 g/mol. The van der Waals surface area contributed by atoms with Crippen LogP contribution in [-0.4, -0.2) is 33.2 Å². The molecule has 0 radical (unpaired) electrons. The number of carbonyl (C=O) groups is 1. The molecule has 1 N–H and O–H groups in total. The van der Waals surface area contributed by atoms with Gasteiger partial charge in [-0.05, 0) is 55.3 Å². The third-order valence-electron chi connectivity index (χ3n) is 5.36. The molecule has 0 spiro atoms. The van der Waals surface area contributed by atoms with Crippen molar-refractivity contribution in [1.82, 2.24) is 14.8 Å². The second kappa shape index (κ2) is 8.99. The zero-order chi connectivity index (χ0) is 22.8. The summed E-state index contributed by atoms with van der Waals surface area (Å²) in [4.78, 5) is 12.7. The summed E-state index contributed by atoms with van der Waals surface area (Å²) in [5.74, 6) is 2.17. The van der Waals surface area contributed by atoms with Crippen LogP contribution in [0.15, 0.2) is 71.9 Å². The number of hydrogen-bond acceptors (Lipinski definition) is 6. The fraction of sp³-hybridized carbons (Fsp3) is 0.160. The number of thioether (sulfide) groups is 1. The highest BCUT2D eigenvalue weighted by atomic mass is 32.2. The Hall–Kier alpha value is -3.78. The number of para-hydroxylation sites is 2. The maximum absolute atomic E-state index is 12.7. The quantitative estimate of drug-likeness (QED) is 0.409. The van der Waals surface area contributed by atoms with Crippen LogP contribution < -0.4 is 14.8 Å². The summed E-state index contributed by atoms with van der Waals surface area (Å²) >= 11 is 1.34. The second-order valence-electron chi connectivity index (χ2n) is 7.65. The van der Waals surface area contributed by atoms with Crippen molar-refractivity contribution in [3.8, 4) is 28.6 Å². The van der Waals surface area contributed by atoms with Gasteiger partial charge in [0.25, 0.3) is 0 Å². The number of ether oxygens (including phenoxy) is 2. The van der Waals surface area contributed by atoms with E-state index >= 15 is 0 Å². The number of nitrogens with one attached hydrogen (secondary N) is 1. The molecule has 0 bridgehead atoms. The lowest BCUT2D eigenvalue weighted by Gasteiger charge is -2.12. The highest BCUT2D eigenvalue weighted by Gasteiger charge is 2.20. The SMILES string of the molecule is Cc1cccc(C)c1NC(=O)CSc1nnc(-c2ccc3c(c2)OCO3)n1-c1ccccc1. The van der Waals surface area contributed by atoms with Gasteiger partial charge in [0.2, 0.25) is 12.7 Å². The monoisotopic (exact) mass is 458 g/mol. The molecule has 7 nitrogen and oxygen atoms in total. The van der Waals surface area contributed by atoms with Crippen molar-refractivity contribution < 1.29 is 14.3 Å². The number of amides is 1. The number of benzene rings is 3. The molecule has 0 unspecified atom stereocenters. The van der Waals surface area contributed by atoms with Gasteiger partial charge in [0.05, 0.1) is 5.75 Å².